The number of hydrogen-bond donors (Lipinski definition) is 0. The zero-order chi connectivity index (χ0) is 11.1. The van der Waals surface area contributed by atoms with E-state index >= 15 is 0 Å². The highest BCUT2D eigenvalue weighted by molar-refractivity contribution is 5.88. The Morgan fingerprint density at radius 3 is 2.40 bits per heavy atom. The summed E-state index contributed by atoms with van der Waals surface area (Å²) in [5.74, 6) is 6.02. The molecule has 0 aliphatic heterocycles. The summed E-state index contributed by atoms with van der Waals surface area (Å²) in [5.41, 5.74) is 0. The van der Waals surface area contributed by atoms with Crippen LogP contribution in [0.3, 0.4) is 0 Å². The minimum absolute atomic E-state index is 0.380. The molecular formula is C13H20O2. The summed E-state index contributed by atoms with van der Waals surface area (Å²) < 4.78 is 5.08. The van der Waals surface area contributed by atoms with Crippen molar-refractivity contribution < 1.29 is 9.53 Å². The van der Waals surface area contributed by atoms with Crippen molar-refractivity contribution in [3.63, 3.8) is 0 Å². The predicted molar refractivity (Wildman–Crippen MR) is 60.1 cm³/mol. The van der Waals surface area contributed by atoms with Crippen molar-refractivity contribution in [3.05, 3.63) is 0 Å². The van der Waals surface area contributed by atoms with E-state index in [-0.39, 0.29) is 5.97 Å². The van der Waals surface area contributed by atoms with Gasteiger partial charge in [0.05, 0.1) is 6.61 Å². The summed E-state index contributed by atoms with van der Waals surface area (Å²) in [6, 6.07) is 0. The van der Waals surface area contributed by atoms with E-state index in [0.717, 1.165) is 5.92 Å². The molecule has 0 aromatic carbocycles. The van der Waals surface area contributed by atoms with Gasteiger partial charge in [0.2, 0.25) is 0 Å². The zero-order valence-electron chi connectivity index (χ0n) is 9.71. The summed E-state index contributed by atoms with van der Waals surface area (Å²) in [7, 11) is 0. The van der Waals surface area contributed by atoms with Gasteiger partial charge in [-0.15, -0.1) is 0 Å². The maximum atomic E-state index is 11.0. The average molecular weight is 208 g/mol. The van der Waals surface area contributed by atoms with Gasteiger partial charge in [0, 0.05) is 5.92 Å². The van der Waals surface area contributed by atoms with Crippen LogP contribution in [-0.4, -0.2) is 12.6 Å². The lowest BCUT2D eigenvalue weighted by molar-refractivity contribution is -0.138. The van der Waals surface area contributed by atoms with Crippen molar-refractivity contribution in [2.45, 2.75) is 46.0 Å². The van der Waals surface area contributed by atoms with Gasteiger partial charge in [0.15, 0.2) is 0 Å². The van der Waals surface area contributed by atoms with Crippen LogP contribution in [-0.2, 0) is 9.53 Å². The Kier molecular flexibility index (Phi) is 5.25. The van der Waals surface area contributed by atoms with Crippen molar-refractivity contribution in [2.24, 2.45) is 11.8 Å². The highest BCUT2D eigenvalue weighted by Crippen LogP contribution is 2.30. The molecule has 1 aliphatic rings. The second kappa shape index (κ2) is 6.50. The second-order valence-electron chi connectivity index (χ2n) is 4.27. The third-order valence-corrected chi connectivity index (χ3v) is 3.22. The van der Waals surface area contributed by atoms with Gasteiger partial charge in [-0.25, -0.2) is 4.79 Å². The Labute approximate surface area is 92.4 Å². The van der Waals surface area contributed by atoms with Crippen molar-refractivity contribution in [2.75, 3.05) is 6.61 Å². The molecule has 2 heteroatoms. The number of ether oxygens (including phenoxy) is 1. The van der Waals surface area contributed by atoms with Crippen LogP contribution < -0.4 is 0 Å². The van der Waals surface area contributed by atoms with Gasteiger partial charge >= 0.3 is 5.97 Å². The molecule has 1 aliphatic carbocycles. The molecule has 1 fully saturated rings. The standard InChI is InChI=1S/C13H20O2/c1-3-5-13(14)15-10-12-8-6-11(4-2)7-9-12/h11-12H,4,6-10H2,1-2H3. The first-order chi connectivity index (χ1) is 7.26. The van der Waals surface area contributed by atoms with Crippen molar-refractivity contribution in [3.8, 4) is 11.8 Å². The summed E-state index contributed by atoms with van der Waals surface area (Å²) in [4.78, 5) is 11.0. The molecule has 0 saturated heterocycles. The van der Waals surface area contributed by atoms with Gasteiger partial charge in [-0.1, -0.05) is 32.1 Å². The van der Waals surface area contributed by atoms with Crippen molar-refractivity contribution in [1.29, 1.82) is 0 Å². The first-order valence-corrected chi connectivity index (χ1v) is 5.85. The van der Waals surface area contributed by atoms with Gasteiger partial charge in [-0.3, -0.25) is 0 Å². The van der Waals surface area contributed by atoms with Crippen LogP contribution in [0, 0.1) is 23.7 Å². The minimum atomic E-state index is -0.380. The zero-order valence-corrected chi connectivity index (χ0v) is 9.71. The SMILES string of the molecule is CC#CC(=O)OCC1CCC(CC)CC1. The highest BCUT2D eigenvalue weighted by Gasteiger charge is 2.20. The molecule has 84 valence electrons. The molecule has 0 spiro atoms. The molecule has 0 atom stereocenters. The first kappa shape index (κ1) is 12.1. The van der Waals surface area contributed by atoms with E-state index in [9.17, 15) is 4.79 Å². The summed E-state index contributed by atoms with van der Waals surface area (Å²) in [5, 5.41) is 0. The smallest absolute Gasteiger partial charge is 0.384 e. The molecule has 0 heterocycles. The second-order valence-corrected chi connectivity index (χ2v) is 4.27. The number of rotatable bonds is 3. The lowest BCUT2D eigenvalue weighted by Crippen LogP contribution is -2.19. The molecule has 1 saturated carbocycles. The Morgan fingerprint density at radius 1 is 1.27 bits per heavy atom. The maximum absolute atomic E-state index is 11.0. The van der Waals surface area contributed by atoms with Gasteiger partial charge in [-0.2, -0.15) is 0 Å². The fourth-order valence-corrected chi connectivity index (χ4v) is 2.14. The molecule has 0 radical (unpaired) electrons. The largest absolute Gasteiger partial charge is 0.456 e. The monoisotopic (exact) mass is 208 g/mol. The quantitative estimate of drug-likeness (QED) is 0.405. The van der Waals surface area contributed by atoms with Gasteiger partial charge < -0.3 is 4.74 Å². The molecule has 0 bridgehead atoms. The number of esters is 1. The highest BCUT2D eigenvalue weighted by atomic mass is 16.5. The van der Waals surface area contributed by atoms with Crippen LogP contribution in [0.4, 0.5) is 0 Å². The summed E-state index contributed by atoms with van der Waals surface area (Å²) in [6.07, 6.45) is 6.26. The normalized spacial score (nSPS) is 25.2. The van der Waals surface area contributed by atoms with Crippen LogP contribution in [0.25, 0.3) is 0 Å². The van der Waals surface area contributed by atoms with Crippen molar-refractivity contribution >= 4 is 5.97 Å². The van der Waals surface area contributed by atoms with E-state index < -0.39 is 0 Å². The summed E-state index contributed by atoms with van der Waals surface area (Å²) >= 11 is 0. The Hall–Kier alpha value is -0.970. The van der Waals surface area contributed by atoms with Crippen LogP contribution in [0.2, 0.25) is 0 Å². The molecule has 2 nitrogen and oxygen atoms in total. The van der Waals surface area contributed by atoms with Crippen LogP contribution >= 0.6 is 0 Å². The number of carbonyl (C=O) groups excluding carboxylic acids is 1. The molecular weight excluding hydrogens is 188 g/mol. The van der Waals surface area contributed by atoms with Gasteiger partial charge in [0.1, 0.15) is 0 Å². The van der Waals surface area contributed by atoms with E-state index in [1.165, 1.54) is 32.1 Å². The fourth-order valence-electron chi connectivity index (χ4n) is 2.14. The molecule has 1 rings (SSSR count). The van der Waals surface area contributed by atoms with E-state index in [0.29, 0.717) is 12.5 Å². The van der Waals surface area contributed by atoms with Crippen molar-refractivity contribution in [1.82, 2.24) is 0 Å². The minimum Gasteiger partial charge on any atom is -0.456 e. The number of hydrogen-bond acceptors (Lipinski definition) is 2. The third kappa shape index (κ3) is 4.38. The van der Waals surface area contributed by atoms with E-state index in [1.54, 1.807) is 6.92 Å². The molecule has 15 heavy (non-hydrogen) atoms. The van der Waals surface area contributed by atoms with E-state index in [4.69, 9.17) is 4.74 Å². The average Bonchev–Trinajstić information content (AvgIpc) is 2.27. The molecule has 0 N–H and O–H groups in total. The molecule has 0 aromatic heterocycles. The Bertz CT molecular complexity index is 251. The lowest BCUT2D eigenvalue weighted by Gasteiger charge is -2.27. The lowest BCUT2D eigenvalue weighted by atomic mass is 9.81. The maximum Gasteiger partial charge on any atom is 0.384 e. The summed E-state index contributed by atoms with van der Waals surface area (Å²) in [6.45, 7) is 4.46. The third-order valence-electron chi connectivity index (χ3n) is 3.22. The predicted octanol–water partition coefficient (Wildman–Crippen LogP) is 2.77. The topological polar surface area (TPSA) is 26.3 Å². The van der Waals surface area contributed by atoms with Gasteiger partial charge in [0.25, 0.3) is 0 Å². The van der Waals surface area contributed by atoms with E-state index in [1.807, 2.05) is 0 Å². The van der Waals surface area contributed by atoms with Crippen LogP contribution in [0.5, 0.6) is 0 Å². The molecule has 0 unspecified atom stereocenters. The van der Waals surface area contributed by atoms with Crippen LogP contribution in [0.15, 0.2) is 0 Å². The molecule has 0 aromatic rings. The first-order valence-electron chi connectivity index (χ1n) is 5.85. The van der Waals surface area contributed by atoms with Gasteiger partial charge in [-0.05, 0) is 31.6 Å². The Balaban J connectivity index is 2.18. The van der Waals surface area contributed by atoms with E-state index in [2.05, 4.69) is 18.8 Å². The fraction of sp³-hybridized carbons (Fsp3) is 0.769. The van der Waals surface area contributed by atoms with Crippen LogP contribution in [0.1, 0.15) is 46.0 Å². The molecule has 0 amide bonds. The number of carbonyl (C=O) groups is 1. The Morgan fingerprint density at radius 2 is 1.87 bits per heavy atom.